The van der Waals surface area contributed by atoms with E-state index in [0.717, 1.165) is 17.4 Å². The van der Waals surface area contributed by atoms with Gasteiger partial charge in [-0.15, -0.1) is 21.5 Å². The highest BCUT2D eigenvalue weighted by Gasteiger charge is 2.12. The Hall–Kier alpha value is -1.83. The highest BCUT2D eigenvalue weighted by Crippen LogP contribution is 2.20. The molecule has 5 nitrogen and oxygen atoms in total. The van der Waals surface area contributed by atoms with E-state index < -0.39 is 0 Å². The van der Waals surface area contributed by atoms with Gasteiger partial charge < -0.3 is 9.88 Å². The van der Waals surface area contributed by atoms with E-state index in [4.69, 9.17) is 11.6 Å². The first-order chi connectivity index (χ1) is 11.6. The number of nitrogens with one attached hydrogen (secondary N) is 1. The number of benzene rings is 1. The molecule has 2 heterocycles. The highest BCUT2D eigenvalue weighted by atomic mass is 35.5. The van der Waals surface area contributed by atoms with Gasteiger partial charge in [-0.05, 0) is 29.6 Å². The number of halogens is 1. The first-order valence-corrected chi connectivity index (χ1v) is 9.45. The van der Waals surface area contributed by atoms with Crippen LogP contribution in [0.5, 0.6) is 0 Å². The lowest BCUT2D eigenvalue weighted by Gasteiger charge is -2.05. The fraction of sp³-hybridized carbons (Fsp3) is 0.188. The Kier molecular flexibility index (Phi) is 5.55. The largest absolute Gasteiger partial charge is 0.325 e. The van der Waals surface area contributed by atoms with E-state index in [1.54, 1.807) is 35.6 Å². The Morgan fingerprint density at radius 3 is 2.96 bits per heavy atom. The number of thiophene rings is 1. The quantitative estimate of drug-likeness (QED) is 0.662. The summed E-state index contributed by atoms with van der Waals surface area (Å²) in [5.41, 5.74) is 0.685. The third-order valence-electron chi connectivity index (χ3n) is 3.28. The van der Waals surface area contributed by atoms with Crippen LogP contribution in [-0.2, 0) is 18.3 Å². The number of carbonyl (C=O) groups excluding carboxylic acids is 1. The first kappa shape index (κ1) is 17.0. The minimum Gasteiger partial charge on any atom is -0.325 e. The number of hydrogen-bond acceptors (Lipinski definition) is 5. The number of rotatable bonds is 6. The predicted octanol–water partition coefficient (Wildman–Crippen LogP) is 3.85. The van der Waals surface area contributed by atoms with Gasteiger partial charge in [0.1, 0.15) is 5.82 Å². The van der Waals surface area contributed by atoms with Crippen molar-refractivity contribution in [2.45, 2.75) is 11.6 Å². The van der Waals surface area contributed by atoms with Gasteiger partial charge in [0.25, 0.3) is 0 Å². The maximum absolute atomic E-state index is 12.0. The molecule has 0 saturated heterocycles. The summed E-state index contributed by atoms with van der Waals surface area (Å²) in [7, 11) is 1.92. The number of amides is 1. The van der Waals surface area contributed by atoms with Crippen molar-refractivity contribution >= 4 is 46.3 Å². The van der Waals surface area contributed by atoms with Crippen LogP contribution >= 0.6 is 34.7 Å². The maximum atomic E-state index is 12.0. The second-order valence-corrected chi connectivity index (χ2v) is 7.47. The number of hydrogen-bond donors (Lipinski definition) is 1. The van der Waals surface area contributed by atoms with E-state index >= 15 is 0 Å². The molecule has 1 N–H and O–H groups in total. The molecule has 0 aliphatic rings. The molecule has 24 heavy (non-hydrogen) atoms. The third-order valence-corrected chi connectivity index (χ3v) is 5.41. The molecule has 0 atom stereocenters. The molecule has 0 radical (unpaired) electrons. The van der Waals surface area contributed by atoms with Gasteiger partial charge in [0, 0.05) is 29.1 Å². The van der Waals surface area contributed by atoms with Crippen LogP contribution in [0.1, 0.15) is 10.7 Å². The summed E-state index contributed by atoms with van der Waals surface area (Å²) in [6, 6.07) is 11.2. The molecular weight excluding hydrogens is 364 g/mol. The van der Waals surface area contributed by atoms with Crippen LogP contribution < -0.4 is 5.32 Å². The zero-order chi connectivity index (χ0) is 16.9. The van der Waals surface area contributed by atoms with E-state index in [0.29, 0.717) is 10.7 Å². The van der Waals surface area contributed by atoms with Crippen LogP contribution in [0.2, 0.25) is 5.02 Å². The zero-order valence-corrected chi connectivity index (χ0v) is 15.3. The van der Waals surface area contributed by atoms with Gasteiger partial charge in [0.15, 0.2) is 5.16 Å². The lowest BCUT2D eigenvalue weighted by Crippen LogP contribution is -2.14. The molecule has 0 bridgehead atoms. The summed E-state index contributed by atoms with van der Waals surface area (Å²) in [5.74, 6) is 1.04. The van der Waals surface area contributed by atoms with Crippen molar-refractivity contribution in [1.82, 2.24) is 14.8 Å². The summed E-state index contributed by atoms with van der Waals surface area (Å²) >= 11 is 8.96. The summed E-state index contributed by atoms with van der Waals surface area (Å²) in [6.45, 7) is 0. The van der Waals surface area contributed by atoms with Crippen molar-refractivity contribution in [3.63, 3.8) is 0 Å². The van der Waals surface area contributed by atoms with Crippen molar-refractivity contribution in [2.24, 2.45) is 7.05 Å². The molecule has 0 saturated carbocycles. The average Bonchev–Trinajstić information content (AvgIpc) is 3.17. The summed E-state index contributed by atoms with van der Waals surface area (Å²) in [6.07, 6.45) is 0.746. The van der Waals surface area contributed by atoms with E-state index in [1.807, 2.05) is 23.1 Å². The Balaban J connectivity index is 1.56. The predicted molar refractivity (Wildman–Crippen MR) is 98.9 cm³/mol. The fourth-order valence-electron chi connectivity index (χ4n) is 2.09. The lowest BCUT2D eigenvalue weighted by atomic mass is 10.3. The summed E-state index contributed by atoms with van der Waals surface area (Å²) in [5, 5.41) is 14.6. The topological polar surface area (TPSA) is 59.8 Å². The monoisotopic (exact) mass is 378 g/mol. The second kappa shape index (κ2) is 7.83. The van der Waals surface area contributed by atoms with Crippen LogP contribution in [-0.4, -0.2) is 26.4 Å². The normalized spacial score (nSPS) is 10.8. The Morgan fingerprint density at radius 2 is 2.21 bits per heavy atom. The van der Waals surface area contributed by atoms with Crippen LogP contribution in [0.4, 0.5) is 5.69 Å². The van der Waals surface area contributed by atoms with E-state index in [-0.39, 0.29) is 11.7 Å². The molecule has 0 fully saturated rings. The van der Waals surface area contributed by atoms with Crippen LogP contribution in [0.15, 0.2) is 46.9 Å². The van der Waals surface area contributed by atoms with Crippen molar-refractivity contribution in [3.05, 3.63) is 57.5 Å². The molecule has 3 aromatic rings. The highest BCUT2D eigenvalue weighted by molar-refractivity contribution is 7.99. The molecule has 1 aromatic carbocycles. The Labute approximate surface area is 153 Å². The van der Waals surface area contributed by atoms with Crippen LogP contribution in [0.25, 0.3) is 0 Å². The van der Waals surface area contributed by atoms with Gasteiger partial charge in [-0.25, -0.2) is 0 Å². The number of nitrogens with zero attached hydrogens (tertiary/aromatic N) is 3. The molecule has 0 unspecified atom stereocenters. The molecule has 0 aliphatic heterocycles. The Morgan fingerprint density at radius 1 is 1.33 bits per heavy atom. The minimum atomic E-state index is -0.106. The number of carbonyl (C=O) groups is 1. The second-order valence-electron chi connectivity index (χ2n) is 5.06. The maximum Gasteiger partial charge on any atom is 0.234 e. The molecule has 3 rings (SSSR count). The van der Waals surface area contributed by atoms with Gasteiger partial charge in [0.05, 0.1) is 5.75 Å². The van der Waals surface area contributed by atoms with Crippen LogP contribution in [0, 0.1) is 0 Å². The van der Waals surface area contributed by atoms with Gasteiger partial charge in [-0.3, -0.25) is 4.79 Å². The van der Waals surface area contributed by atoms with Gasteiger partial charge in [-0.2, -0.15) is 0 Å². The van der Waals surface area contributed by atoms with E-state index in [9.17, 15) is 4.79 Å². The standard InChI is InChI=1S/C16H15ClN4OS2/c1-21-14(9-13-6-3-7-23-13)19-20-16(21)24-10-15(22)18-12-5-2-4-11(17)8-12/h2-8H,9-10H2,1H3,(H,18,22). The molecule has 1 amide bonds. The third kappa shape index (κ3) is 4.37. The van der Waals surface area contributed by atoms with Gasteiger partial charge >= 0.3 is 0 Å². The molecule has 0 spiro atoms. The molecule has 8 heteroatoms. The van der Waals surface area contributed by atoms with Gasteiger partial charge in [-0.1, -0.05) is 35.5 Å². The van der Waals surface area contributed by atoms with Crippen LogP contribution in [0.3, 0.4) is 0 Å². The first-order valence-electron chi connectivity index (χ1n) is 7.20. The molecule has 2 aromatic heterocycles. The summed E-state index contributed by atoms with van der Waals surface area (Å²) in [4.78, 5) is 13.3. The Bertz CT molecular complexity index is 832. The molecule has 0 aliphatic carbocycles. The average molecular weight is 379 g/mol. The summed E-state index contributed by atoms with van der Waals surface area (Å²) < 4.78 is 1.93. The molecular formula is C16H15ClN4OS2. The van der Waals surface area contributed by atoms with Crippen molar-refractivity contribution in [1.29, 1.82) is 0 Å². The molecule has 124 valence electrons. The zero-order valence-electron chi connectivity index (χ0n) is 12.9. The van der Waals surface area contributed by atoms with E-state index in [1.165, 1.54) is 16.6 Å². The minimum absolute atomic E-state index is 0.106. The number of aromatic nitrogens is 3. The number of thioether (sulfide) groups is 1. The van der Waals surface area contributed by atoms with Gasteiger partial charge in [0.2, 0.25) is 5.91 Å². The van der Waals surface area contributed by atoms with E-state index in [2.05, 4.69) is 21.6 Å². The smallest absolute Gasteiger partial charge is 0.234 e. The van der Waals surface area contributed by atoms with Crippen molar-refractivity contribution in [2.75, 3.05) is 11.1 Å². The van der Waals surface area contributed by atoms with Crippen molar-refractivity contribution in [3.8, 4) is 0 Å². The number of anilines is 1. The SMILES string of the molecule is Cn1c(Cc2cccs2)nnc1SCC(=O)Nc1cccc(Cl)c1. The fourth-order valence-corrected chi connectivity index (χ4v) is 3.71. The lowest BCUT2D eigenvalue weighted by molar-refractivity contribution is -0.113. The van der Waals surface area contributed by atoms with Crippen molar-refractivity contribution < 1.29 is 4.79 Å².